The van der Waals surface area contributed by atoms with Gasteiger partial charge in [0.15, 0.2) is 0 Å². The van der Waals surface area contributed by atoms with Gasteiger partial charge in [0.1, 0.15) is 16.7 Å². The molecule has 0 saturated carbocycles. The summed E-state index contributed by atoms with van der Waals surface area (Å²) in [5, 5.41) is 17.8. The van der Waals surface area contributed by atoms with Crippen molar-refractivity contribution in [3.63, 3.8) is 0 Å². The smallest absolute Gasteiger partial charge is 0.352 e. The Balaban J connectivity index is 3.08. The number of hydrogen-bond acceptors (Lipinski definition) is 4. The first kappa shape index (κ1) is 16.5. The van der Waals surface area contributed by atoms with Crippen LogP contribution in [0.3, 0.4) is 0 Å². The monoisotopic (exact) mass is 312 g/mol. The fourth-order valence-electron chi connectivity index (χ4n) is 1.71. The van der Waals surface area contributed by atoms with Gasteiger partial charge in [0.25, 0.3) is 6.43 Å². The quantitative estimate of drug-likeness (QED) is 0.599. The molecule has 10 heteroatoms. The van der Waals surface area contributed by atoms with Gasteiger partial charge in [-0.3, -0.25) is 0 Å². The molecule has 0 aliphatic rings. The molecule has 0 aliphatic heterocycles. The highest BCUT2D eigenvalue weighted by Gasteiger charge is 2.28. The van der Waals surface area contributed by atoms with Crippen LogP contribution in [0, 0.1) is 13.8 Å². The van der Waals surface area contributed by atoms with Gasteiger partial charge in [-0.05, 0) is 13.8 Å². The van der Waals surface area contributed by atoms with Crippen LogP contribution in [-0.4, -0.2) is 48.7 Å². The molecule has 1 aromatic heterocycles. The van der Waals surface area contributed by atoms with E-state index in [-0.39, 0.29) is 21.8 Å². The zero-order valence-corrected chi connectivity index (χ0v) is 11.5. The van der Waals surface area contributed by atoms with E-state index in [1.54, 1.807) is 0 Å². The van der Waals surface area contributed by atoms with Crippen molar-refractivity contribution >= 4 is 16.0 Å². The van der Waals surface area contributed by atoms with Gasteiger partial charge >= 0.3 is 5.97 Å². The molecule has 1 rings (SSSR count). The maximum atomic E-state index is 12.1. The lowest BCUT2D eigenvalue weighted by Gasteiger charge is -2.11. The van der Waals surface area contributed by atoms with Crippen LogP contribution in [0.2, 0.25) is 0 Å². The molecule has 1 atom stereocenters. The lowest BCUT2D eigenvalue weighted by atomic mass is 10.2. The number of carboxylic acids is 1. The average Bonchev–Trinajstić information content (AvgIpc) is 2.62. The minimum absolute atomic E-state index is 0.0333. The van der Waals surface area contributed by atoms with Gasteiger partial charge in [-0.15, -0.1) is 0 Å². The molecule has 0 fully saturated rings. The van der Waals surface area contributed by atoms with Crippen LogP contribution in [0.25, 0.3) is 0 Å². The van der Waals surface area contributed by atoms with Gasteiger partial charge in [0.05, 0.1) is 0 Å². The number of aromatic nitrogens is 1. The second-order valence-corrected chi connectivity index (χ2v) is 5.84. The molecule has 114 valence electrons. The van der Waals surface area contributed by atoms with Crippen molar-refractivity contribution in [1.29, 1.82) is 0 Å². The number of halogens is 2. The third-order valence-electron chi connectivity index (χ3n) is 2.62. The molecule has 1 heterocycles. The lowest BCUT2D eigenvalue weighted by molar-refractivity contribution is -0.000453. The number of aryl methyl sites for hydroxylation is 1. The van der Waals surface area contributed by atoms with Crippen LogP contribution in [0.15, 0.2) is 4.90 Å². The fourth-order valence-corrected chi connectivity index (χ4v) is 3.20. The van der Waals surface area contributed by atoms with E-state index in [1.807, 2.05) is 4.72 Å². The normalized spacial score (nSPS) is 13.7. The average molecular weight is 312 g/mol. The van der Waals surface area contributed by atoms with E-state index < -0.39 is 35.1 Å². The molecule has 0 spiro atoms. The highest BCUT2D eigenvalue weighted by atomic mass is 32.2. The minimum atomic E-state index is -4.20. The number of carboxylic acid groups (broad SMARTS) is 1. The molecule has 0 radical (unpaired) electrons. The first-order valence-electron chi connectivity index (χ1n) is 5.46. The van der Waals surface area contributed by atoms with Crippen molar-refractivity contribution in [2.75, 3.05) is 6.54 Å². The van der Waals surface area contributed by atoms with Gasteiger partial charge < -0.3 is 15.2 Å². The summed E-state index contributed by atoms with van der Waals surface area (Å²) in [6, 6.07) is 0. The summed E-state index contributed by atoms with van der Waals surface area (Å²) in [5.41, 5.74) is -0.259. The second-order valence-electron chi connectivity index (χ2n) is 4.14. The number of alkyl halides is 2. The van der Waals surface area contributed by atoms with E-state index in [0.29, 0.717) is 0 Å². The Morgan fingerprint density at radius 1 is 1.40 bits per heavy atom. The number of nitrogens with one attached hydrogen (secondary N) is 2. The number of sulfonamides is 1. The fraction of sp³-hybridized carbons (Fsp3) is 0.500. The number of carbonyl (C=O) groups is 1. The van der Waals surface area contributed by atoms with Gasteiger partial charge in [0, 0.05) is 17.8 Å². The number of rotatable bonds is 6. The van der Waals surface area contributed by atoms with E-state index in [1.165, 1.54) is 13.8 Å². The Morgan fingerprint density at radius 2 is 1.95 bits per heavy atom. The van der Waals surface area contributed by atoms with E-state index in [9.17, 15) is 22.0 Å². The number of aromatic amines is 1. The van der Waals surface area contributed by atoms with Gasteiger partial charge in [-0.1, -0.05) is 0 Å². The second kappa shape index (κ2) is 5.85. The molecule has 0 bridgehead atoms. The molecular formula is C10H14F2N2O5S. The number of aliphatic hydroxyl groups excluding tert-OH is 1. The van der Waals surface area contributed by atoms with Crippen LogP contribution in [-0.2, 0) is 10.0 Å². The molecule has 0 amide bonds. The highest BCUT2D eigenvalue weighted by molar-refractivity contribution is 7.89. The van der Waals surface area contributed by atoms with Crippen molar-refractivity contribution in [3.8, 4) is 0 Å². The van der Waals surface area contributed by atoms with E-state index >= 15 is 0 Å². The number of aromatic carboxylic acids is 1. The van der Waals surface area contributed by atoms with Gasteiger partial charge in [-0.25, -0.2) is 26.7 Å². The SMILES string of the molecule is Cc1[nH]c(C(=O)O)c(C)c1S(=O)(=O)NCC(O)C(F)F. The van der Waals surface area contributed by atoms with E-state index in [0.717, 1.165) is 0 Å². The first-order valence-corrected chi connectivity index (χ1v) is 6.94. The summed E-state index contributed by atoms with van der Waals surface area (Å²) in [7, 11) is -4.20. The zero-order chi connectivity index (χ0) is 15.7. The molecule has 0 saturated heterocycles. The lowest BCUT2D eigenvalue weighted by Crippen LogP contribution is -2.36. The zero-order valence-electron chi connectivity index (χ0n) is 10.6. The standard InChI is InChI=1S/C10H14F2N2O5S/c1-4-7(10(16)17)14-5(2)8(4)20(18,19)13-3-6(15)9(11)12/h6,9,13-15H,3H2,1-2H3,(H,16,17). The highest BCUT2D eigenvalue weighted by Crippen LogP contribution is 2.23. The summed E-state index contributed by atoms with van der Waals surface area (Å²) in [4.78, 5) is 13.0. The first-order chi connectivity index (χ1) is 9.08. The van der Waals surface area contributed by atoms with Crippen LogP contribution in [0.4, 0.5) is 8.78 Å². The topological polar surface area (TPSA) is 119 Å². The van der Waals surface area contributed by atoms with Crippen LogP contribution in [0.1, 0.15) is 21.7 Å². The third kappa shape index (κ3) is 3.32. The van der Waals surface area contributed by atoms with E-state index in [2.05, 4.69) is 4.98 Å². The Bertz CT molecular complexity index is 611. The van der Waals surface area contributed by atoms with Gasteiger partial charge in [-0.2, -0.15) is 0 Å². The van der Waals surface area contributed by atoms with Crippen LogP contribution in [0.5, 0.6) is 0 Å². The summed E-state index contributed by atoms with van der Waals surface area (Å²) in [6.07, 6.45) is -5.22. The summed E-state index contributed by atoms with van der Waals surface area (Å²) in [6.45, 7) is 1.76. The molecule has 7 nitrogen and oxygen atoms in total. The molecule has 4 N–H and O–H groups in total. The number of hydrogen-bond donors (Lipinski definition) is 4. The maximum absolute atomic E-state index is 12.1. The molecule has 0 aliphatic carbocycles. The Hall–Kier alpha value is -1.52. The predicted molar refractivity (Wildman–Crippen MR) is 64.4 cm³/mol. The molecule has 1 unspecified atom stereocenters. The van der Waals surface area contributed by atoms with Gasteiger partial charge in [0.2, 0.25) is 10.0 Å². The van der Waals surface area contributed by atoms with E-state index in [4.69, 9.17) is 10.2 Å². The largest absolute Gasteiger partial charge is 0.477 e. The van der Waals surface area contributed by atoms with Crippen molar-refractivity contribution < 1.29 is 32.2 Å². The third-order valence-corrected chi connectivity index (χ3v) is 4.32. The predicted octanol–water partition coefficient (Wildman–Crippen LogP) is 0.234. The summed E-state index contributed by atoms with van der Waals surface area (Å²) >= 11 is 0. The molecular weight excluding hydrogens is 298 g/mol. The van der Waals surface area contributed by atoms with Crippen molar-refractivity contribution in [3.05, 3.63) is 17.0 Å². The minimum Gasteiger partial charge on any atom is -0.477 e. The molecule has 1 aromatic rings. The van der Waals surface area contributed by atoms with Crippen LogP contribution < -0.4 is 4.72 Å². The molecule has 0 aromatic carbocycles. The maximum Gasteiger partial charge on any atom is 0.352 e. The van der Waals surface area contributed by atoms with Crippen LogP contribution >= 0.6 is 0 Å². The Kier molecular flexibility index (Phi) is 4.84. The number of aliphatic hydroxyl groups is 1. The van der Waals surface area contributed by atoms with Crippen molar-refractivity contribution in [1.82, 2.24) is 9.71 Å². The Morgan fingerprint density at radius 3 is 2.35 bits per heavy atom. The summed E-state index contributed by atoms with van der Waals surface area (Å²) in [5.74, 6) is -1.33. The Labute approximate surface area is 113 Å². The van der Waals surface area contributed by atoms with Crippen molar-refractivity contribution in [2.24, 2.45) is 0 Å². The summed E-state index contributed by atoms with van der Waals surface area (Å²) < 4.78 is 49.9. The molecule has 20 heavy (non-hydrogen) atoms. The number of H-pyrrole nitrogens is 1. The van der Waals surface area contributed by atoms with Crippen molar-refractivity contribution in [2.45, 2.75) is 31.3 Å².